The summed E-state index contributed by atoms with van der Waals surface area (Å²) in [4.78, 5) is 1.21. The third-order valence-corrected chi connectivity index (χ3v) is 6.41. The Morgan fingerprint density at radius 2 is 1.90 bits per heavy atom. The molecule has 0 aliphatic rings. The van der Waals surface area contributed by atoms with Gasteiger partial charge in [-0.3, -0.25) is 4.68 Å². The maximum atomic E-state index is 13.3. The molecule has 0 aliphatic heterocycles. The van der Waals surface area contributed by atoms with Gasteiger partial charge in [0, 0.05) is 30.1 Å². The zero-order valence-corrected chi connectivity index (χ0v) is 18.2. The summed E-state index contributed by atoms with van der Waals surface area (Å²) in [6.07, 6.45) is -0.550. The van der Waals surface area contributed by atoms with E-state index in [1.807, 2.05) is 17.9 Å². The number of nitrogens with zero attached hydrogens (tertiary/aromatic N) is 2. The normalized spacial score (nSPS) is 12.9. The summed E-state index contributed by atoms with van der Waals surface area (Å²) >= 11 is 1.62. The number of hydrogen-bond donors (Lipinski definition) is 2. The number of alkyl halides is 3. The van der Waals surface area contributed by atoms with Crippen molar-refractivity contribution in [2.24, 2.45) is 12.8 Å². The van der Waals surface area contributed by atoms with E-state index in [1.165, 1.54) is 22.6 Å². The molecule has 162 valence electrons. The third kappa shape index (κ3) is 4.70. The summed E-state index contributed by atoms with van der Waals surface area (Å²) in [5, 5.41) is 8.66. The van der Waals surface area contributed by atoms with Crippen molar-refractivity contribution < 1.29 is 13.2 Å². The number of nitrogens with one attached hydrogen (secondary N) is 1. The van der Waals surface area contributed by atoms with Crippen LogP contribution in [0.4, 0.5) is 18.2 Å². The highest BCUT2D eigenvalue weighted by Gasteiger charge is 2.33. The third-order valence-electron chi connectivity index (χ3n) is 5.20. The summed E-state index contributed by atoms with van der Waals surface area (Å²) in [6, 6.07) is 7.45. The van der Waals surface area contributed by atoms with Gasteiger partial charge in [0.15, 0.2) is 0 Å². The van der Waals surface area contributed by atoms with E-state index < -0.39 is 11.7 Å². The Morgan fingerprint density at radius 3 is 2.53 bits per heavy atom. The van der Waals surface area contributed by atoms with Gasteiger partial charge in [-0.1, -0.05) is 32.0 Å². The van der Waals surface area contributed by atoms with Crippen molar-refractivity contribution >= 4 is 16.3 Å². The van der Waals surface area contributed by atoms with Crippen molar-refractivity contribution in [2.45, 2.75) is 45.3 Å². The van der Waals surface area contributed by atoms with Gasteiger partial charge < -0.3 is 11.1 Å². The lowest BCUT2D eigenvalue weighted by atomic mass is 10.00. The van der Waals surface area contributed by atoms with E-state index in [9.17, 15) is 13.2 Å². The van der Waals surface area contributed by atoms with Crippen LogP contribution in [0.2, 0.25) is 0 Å². The zero-order chi connectivity index (χ0) is 21.9. The van der Waals surface area contributed by atoms with Gasteiger partial charge in [0.25, 0.3) is 0 Å². The molecule has 0 bridgehead atoms. The van der Waals surface area contributed by atoms with Crippen LogP contribution in [0.3, 0.4) is 0 Å². The first-order valence-corrected chi connectivity index (χ1v) is 10.9. The van der Waals surface area contributed by atoms with E-state index in [4.69, 9.17) is 5.73 Å². The quantitative estimate of drug-likeness (QED) is 0.506. The van der Waals surface area contributed by atoms with Gasteiger partial charge in [-0.2, -0.15) is 18.3 Å². The molecular formula is C22H27F3N4S. The minimum absolute atomic E-state index is 0.201. The standard InChI is InChI=1S/C22H27F3N4S/c1-4-14-13-27-29(3)21(14)17-11-20(30-19(17)5-2)28-16(12-26)10-15-8-6-7-9-18(15)22(23,24)25/h6-9,11,13,16,28H,4-5,10,12,26H2,1-3H3/t16-/m0/s1. The molecule has 2 heterocycles. The number of aromatic nitrogens is 2. The molecule has 2 aromatic heterocycles. The number of thiophene rings is 1. The van der Waals surface area contributed by atoms with Crippen LogP contribution in [0.15, 0.2) is 36.5 Å². The molecule has 0 amide bonds. The SMILES string of the molecule is CCc1cnn(C)c1-c1cc(N[C@H](CN)Cc2ccccc2C(F)(F)F)sc1CC. The van der Waals surface area contributed by atoms with Gasteiger partial charge in [-0.25, -0.2) is 0 Å². The molecule has 30 heavy (non-hydrogen) atoms. The average Bonchev–Trinajstić information content (AvgIpc) is 3.29. The maximum Gasteiger partial charge on any atom is 0.416 e. The molecule has 1 aromatic carbocycles. The second kappa shape index (κ2) is 9.22. The van der Waals surface area contributed by atoms with Crippen molar-refractivity contribution in [2.75, 3.05) is 11.9 Å². The van der Waals surface area contributed by atoms with Crippen molar-refractivity contribution in [1.29, 1.82) is 0 Å². The molecule has 0 radical (unpaired) electrons. The molecule has 0 unspecified atom stereocenters. The van der Waals surface area contributed by atoms with Crippen LogP contribution in [0.1, 0.15) is 35.4 Å². The fraction of sp³-hybridized carbons (Fsp3) is 0.409. The van der Waals surface area contributed by atoms with E-state index >= 15 is 0 Å². The summed E-state index contributed by atoms with van der Waals surface area (Å²) in [5.41, 5.74) is 8.94. The molecule has 3 N–H and O–H groups in total. The number of benzene rings is 1. The van der Waals surface area contributed by atoms with Crippen molar-refractivity contribution in [3.05, 3.63) is 58.1 Å². The van der Waals surface area contributed by atoms with Gasteiger partial charge in [0.05, 0.1) is 22.5 Å². The molecule has 0 spiro atoms. The van der Waals surface area contributed by atoms with Gasteiger partial charge in [-0.05, 0) is 42.5 Å². The molecule has 1 atom stereocenters. The molecule has 0 fully saturated rings. The van der Waals surface area contributed by atoms with Crippen LogP contribution in [0.5, 0.6) is 0 Å². The fourth-order valence-electron chi connectivity index (χ4n) is 3.69. The topological polar surface area (TPSA) is 55.9 Å². The first-order chi connectivity index (χ1) is 14.3. The Bertz CT molecular complexity index is 991. The van der Waals surface area contributed by atoms with Gasteiger partial charge in [-0.15, -0.1) is 11.3 Å². The molecule has 0 aliphatic carbocycles. The summed E-state index contributed by atoms with van der Waals surface area (Å²) in [7, 11) is 1.93. The minimum Gasteiger partial charge on any atom is -0.373 e. The maximum absolute atomic E-state index is 13.3. The highest BCUT2D eigenvalue weighted by atomic mass is 32.1. The lowest BCUT2D eigenvalue weighted by Crippen LogP contribution is -2.31. The molecular weight excluding hydrogens is 409 g/mol. The number of rotatable bonds is 8. The van der Waals surface area contributed by atoms with Crippen LogP contribution >= 0.6 is 11.3 Å². The number of halogens is 3. The van der Waals surface area contributed by atoms with Crippen LogP contribution in [-0.2, 0) is 32.5 Å². The van der Waals surface area contributed by atoms with E-state index in [-0.39, 0.29) is 24.6 Å². The highest BCUT2D eigenvalue weighted by Crippen LogP contribution is 2.37. The lowest BCUT2D eigenvalue weighted by molar-refractivity contribution is -0.138. The van der Waals surface area contributed by atoms with Gasteiger partial charge in [0.2, 0.25) is 0 Å². The summed E-state index contributed by atoms with van der Waals surface area (Å²) in [5.74, 6) is 0. The first-order valence-electron chi connectivity index (χ1n) is 10.0. The zero-order valence-electron chi connectivity index (χ0n) is 17.4. The second-order valence-electron chi connectivity index (χ2n) is 7.23. The molecule has 4 nitrogen and oxygen atoms in total. The minimum atomic E-state index is -4.38. The van der Waals surface area contributed by atoms with Crippen molar-refractivity contribution in [3.8, 4) is 11.3 Å². The van der Waals surface area contributed by atoms with Crippen LogP contribution in [0.25, 0.3) is 11.3 Å². The summed E-state index contributed by atoms with van der Waals surface area (Å²) < 4.78 is 41.9. The Morgan fingerprint density at radius 1 is 1.17 bits per heavy atom. The largest absolute Gasteiger partial charge is 0.416 e. The van der Waals surface area contributed by atoms with Crippen LogP contribution < -0.4 is 11.1 Å². The van der Waals surface area contributed by atoms with Gasteiger partial charge in [0.1, 0.15) is 0 Å². The number of nitrogens with two attached hydrogens (primary N) is 1. The van der Waals surface area contributed by atoms with E-state index in [0.29, 0.717) is 0 Å². The van der Waals surface area contributed by atoms with Crippen LogP contribution in [-0.4, -0.2) is 22.4 Å². The van der Waals surface area contributed by atoms with E-state index in [1.54, 1.807) is 17.4 Å². The van der Waals surface area contributed by atoms with Crippen molar-refractivity contribution in [3.63, 3.8) is 0 Å². The van der Waals surface area contributed by atoms with Crippen LogP contribution in [0, 0.1) is 0 Å². The van der Waals surface area contributed by atoms with E-state index in [0.717, 1.165) is 35.2 Å². The number of anilines is 1. The Kier molecular flexibility index (Phi) is 6.88. The number of hydrogen-bond acceptors (Lipinski definition) is 4. The molecule has 8 heteroatoms. The Labute approximate surface area is 178 Å². The predicted octanol–water partition coefficient (Wildman–Crippen LogP) is 5.27. The monoisotopic (exact) mass is 436 g/mol. The molecule has 3 rings (SSSR count). The fourth-order valence-corrected chi connectivity index (χ4v) is 4.76. The lowest BCUT2D eigenvalue weighted by Gasteiger charge is -2.20. The molecule has 0 saturated carbocycles. The summed E-state index contributed by atoms with van der Waals surface area (Å²) in [6.45, 7) is 4.42. The Hall–Kier alpha value is -2.32. The first kappa shape index (κ1) is 22.4. The second-order valence-corrected chi connectivity index (χ2v) is 8.37. The Balaban J connectivity index is 1.87. The average molecular weight is 437 g/mol. The number of aryl methyl sites for hydroxylation is 3. The van der Waals surface area contributed by atoms with Gasteiger partial charge >= 0.3 is 6.18 Å². The highest BCUT2D eigenvalue weighted by molar-refractivity contribution is 7.16. The smallest absolute Gasteiger partial charge is 0.373 e. The predicted molar refractivity (Wildman–Crippen MR) is 117 cm³/mol. The molecule has 3 aromatic rings. The van der Waals surface area contributed by atoms with E-state index in [2.05, 4.69) is 30.3 Å². The van der Waals surface area contributed by atoms with Crippen molar-refractivity contribution in [1.82, 2.24) is 9.78 Å². The molecule has 0 saturated heterocycles.